The Kier molecular flexibility index (Phi) is 6.30. The molecular formula is C19H27N7O3S. The van der Waals surface area contributed by atoms with Crippen LogP contribution >= 0.6 is 11.3 Å². The smallest absolute Gasteiger partial charge is 0.347 e. The minimum atomic E-state index is -0.982. The first-order chi connectivity index (χ1) is 14.5. The molecule has 0 saturated carbocycles. The number of carboxylic acid groups (broad SMARTS) is 1. The molecule has 1 atom stereocenters. The molecule has 1 unspecified atom stereocenters. The fourth-order valence-corrected chi connectivity index (χ4v) is 4.35. The summed E-state index contributed by atoms with van der Waals surface area (Å²) in [6.07, 6.45) is 2.33. The van der Waals surface area contributed by atoms with E-state index >= 15 is 0 Å². The minimum Gasteiger partial charge on any atom is -0.477 e. The Labute approximate surface area is 179 Å². The van der Waals surface area contributed by atoms with Gasteiger partial charge in [-0.1, -0.05) is 11.3 Å². The highest BCUT2D eigenvalue weighted by molar-refractivity contribution is 7.17. The van der Waals surface area contributed by atoms with Crippen LogP contribution in [0.5, 0.6) is 0 Å². The molecule has 4 rings (SSSR count). The van der Waals surface area contributed by atoms with Crippen LogP contribution < -0.4 is 15.5 Å². The molecule has 2 aromatic rings. The third kappa shape index (κ3) is 4.97. The monoisotopic (exact) mass is 433 g/mol. The molecule has 2 fully saturated rings. The van der Waals surface area contributed by atoms with Crippen molar-refractivity contribution in [3.63, 3.8) is 0 Å². The van der Waals surface area contributed by atoms with Crippen LogP contribution in [0.15, 0.2) is 6.07 Å². The summed E-state index contributed by atoms with van der Waals surface area (Å²) in [6, 6.07) is 1.96. The molecule has 0 spiro atoms. The van der Waals surface area contributed by atoms with Crippen LogP contribution in [0.3, 0.4) is 0 Å². The number of hydrogen-bond acceptors (Lipinski definition) is 10. The van der Waals surface area contributed by atoms with E-state index in [1.807, 2.05) is 6.07 Å². The molecule has 2 aromatic heterocycles. The van der Waals surface area contributed by atoms with Crippen molar-refractivity contribution in [1.29, 1.82) is 0 Å². The highest BCUT2D eigenvalue weighted by Crippen LogP contribution is 2.27. The topological polar surface area (TPSA) is 116 Å². The van der Waals surface area contributed by atoms with Gasteiger partial charge in [0.15, 0.2) is 5.13 Å². The van der Waals surface area contributed by atoms with E-state index in [4.69, 9.17) is 4.74 Å². The number of carbonyl (C=O) groups is 1. The van der Waals surface area contributed by atoms with Gasteiger partial charge in [0.1, 0.15) is 16.5 Å². The van der Waals surface area contributed by atoms with Crippen LogP contribution in [0, 0.1) is 6.92 Å². The van der Waals surface area contributed by atoms with Crippen molar-refractivity contribution in [2.24, 2.45) is 0 Å². The lowest BCUT2D eigenvalue weighted by atomic mass is 10.2. The maximum Gasteiger partial charge on any atom is 0.347 e. The van der Waals surface area contributed by atoms with Gasteiger partial charge in [-0.05, 0) is 26.8 Å². The number of hydrogen-bond donors (Lipinski definition) is 3. The summed E-state index contributed by atoms with van der Waals surface area (Å²) >= 11 is 1.08. The van der Waals surface area contributed by atoms with Gasteiger partial charge < -0.3 is 25.0 Å². The molecule has 11 heteroatoms. The predicted molar refractivity (Wildman–Crippen MR) is 116 cm³/mol. The number of thiazole rings is 1. The van der Waals surface area contributed by atoms with Crippen molar-refractivity contribution in [3.8, 4) is 0 Å². The Morgan fingerprint density at radius 2 is 2.10 bits per heavy atom. The number of rotatable bonds is 7. The Bertz CT molecular complexity index is 892. The normalized spacial score (nSPS) is 19.8. The van der Waals surface area contributed by atoms with Crippen molar-refractivity contribution >= 4 is 40.0 Å². The van der Waals surface area contributed by atoms with Gasteiger partial charge in [0.25, 0.3) is 0 Å². The van der Waals surface area contributed by atoms with Crippen LogP contribution in [0.25, 0.3) is 0 Å². The number of piperazine rings is 1. The van der Waals surface area contributed by atoms with Gasteiger partial charge in [-0.3, -0.25) is 5.32 Å². The van der Waals surface area contributed by atoms with E-state index in [1.165, 1.54) is 0 Å². The standard InChI is InChI=1S/C19H27N7O3S/c1-12-16(17(27)28)30-19(21-12)24-18-22-14(20-11-13-4-3-9-29-13)10-15(23-18)26-7-5-25(2)6-8-26/h10,13H,3-9,11H2,1-2H3,(H,27,28)(H2,20,21,22,23,24). The number of aromatic carboxylic acids is 1. The van der Waals surface area contributed by atoms with Crippen LogP contribution in [0.2, 0.25) is 0 Å². The number of nitrogens with zero attached hydrogens (tertiary/aromatic N) is 5. The minimum absolute atomic E-state index is 0.197. The lowest BCUT2D eigenvalue weighted by molar-refractivity contribution is 0.0701. The van der Waals surface area contributed by atoms with E-state index in [-0.39, 0.29) is 11.0 Å². The first-order valence-corrected chi connectivity index (χ1v) is 11.0. The molecule has 0 amide bonds. The summed E-state index contributed by atoms with van der Waals surface area (Å²) in [5, 5.41) is 16.2. The molecule has 4 heterocycles. The molecule has 0 bridgehead atoms. The summed E-state index contributed by atoms with van der Waals surface area (Å²) in [5.74, 6) is 0.960. The average Bonchev–Trinajstić information content (AvgIpc) is 3.36. The van der Waals surface area contributed by atoms with E-state index in [2.05, 4.69) is 42.4 Å². The van der Waals surface area contributed by atoms with Crippen molar-refractivity contribution in [1.82, 2.24) is 19.9 Å². The number of ether oxygens (including phenoxy) is 1. The lowest BCUT2D eigenvalue weighted by Crippen LogP contribution is -2.44. The molecule has 0 aromatic carbocycles. The van der Waals surface area contributed by atoms with E-state index in [0.717, 1.165) is 62.8 Å². The number of anilines is 4. The van der Waals surface area contributed by atoms with Gasteiger partial charge in [0, 0.05) is 45.4 Å². The Morgan fingerprint density at radius 3 is 2.77 bits per heavy atom. The Morgan fingerprint density at radius 1 is 1.30 bits per heavy atom. The fourth-order valence-electron chi connectivity index (χ4n) is 3.55. The molecule has 2 aliphatic rings. The summed E-state index contributed by atoms with van der Waals surface area (Å²) < 4.78 is 5.70. The second-order valence-electron chi connectivity index (χ2n) is 7.60. The molecule has 0 radical (unpaired) electrons. The summed E-state index contributed by atoms with van der Waals surface area (Å²) in [7, 11) is 2.11. The van der Waals surface area contributed by atoms with Crippen molar-refractivity contribution < 1.29 is 14.6 Å². The Hall–Kier alpha value is -2.50. The first-order valence-electron chi connectivity index (χ1n) is 10.1. The highest BCUT2D eigenvalue weighted by Gasteiger charge is 2.20. The van der Waals surface area contributed by atoms with Gasteiger partial charge in [0.05, 0.1) is 11.8 Å². The summed E-state index contributed by atoms with van der Waals surface area (Å²) in [4.78, 5) is 29.6. The molecule has 30 heavy (non-hydrogen) atoms. The number of aromatic nitrogens is 3. The molecular weight excluding hydrogens is 406 g/mol. The molecule has 162 valence electrons. The average molecular weight is 434 g/mol. The van der Waals surface area contributed by atoms with Crippen molar-refractivity contribution in [2.75, 3.05) is 61.9 Å². The van der Waals surface area contributed by atoms with Gasteiger partial charge in [-0.15, -0.1) is 0 Å². The largest absolute Gasteiger partial charge is 0.477 e. The SMILES string of the molecule is Cc1nc(Nc2nc(NCC3CCCO3)cc(N3CCN(C)CC3)n2)sc1C(=O)O. The third-order valence-electron chi connectivity index (χ3n) is 5.28. The summed E-state index contributed by atoms with van der Waals surface area (Å²) in [6.45, 7) is 6.90. The van der Waals surface area contributed by atoms with Crippen LogP contribution in [0.4, 0.5) is 22.7 Å². The maximum atomic E-state index is 11.3. The van der Waals surface area contributed by atoms with Gasteiger partial charge >= 0.3 is 5.97 Å². The number of carboxylic acids is 1. The highest BCUT2D eigenvalue weighted by atomic mass is 32.1. The second kappa shape index (κ2) is 9.11. The van der Waals surface area contributed by atoms with Crippen molar-refractivity contribution in [3.05, 3.63) is 16.6 Å². The Balaban J connectivity index is 1.55. The zero-order chi connectivity index (χ0) is 21.1. The zero-order valence-corrected chi connectivity index (χ0v) is 18.0. The molecule has 2 saturated heterocycles. The van der Waals surface area contributed by atoms with E-state index in [9.17, 15) is 9.90 Å². The molecule has 3 N–H and O–H groups in total. The van der Waals surface area contributed by atoms with E-state index < -0.39 is 5.97 Å². The van der Waals surface area contributed by atoms with E-state index in [1.54, 1.807) is 6.92 Å². The van der Waals surface area contributed by atoms with E-state index in [0.29, 0.717) is 29.1 Å². The van der Waals surface area contributed by atoms with Crippen LogP contribution in [-0.2, 0) is 4.74 Å². The number of likely N-dealkylation sites (N-methyl/N-ethyl adjacent to an activating group) is 1. The number of nitrogens with one attached hydrogen (secondary N) is 2. The third-order valence-corrected chi connectivity index (χ3v) is 6.35. The molecule has 0 aliphatic carbocycles. The predicted octanol–water partition coefficient (Wildman–Crippen LogP) is 2.03. The zero-order valence-electron chi connectivity index (χ0n) is 17.2. The molecule has 10 nitrogen and oxygen atoms in total. The fraction of sp³-hybridized carbons (Fsp3) is 0.579. The quantitative estimate of drug-likeness (QED) is 0.599. The molecule has 2 aliphatic heterocycles. The lowest BCUT2D eigenvalue weighted by Gasteiger charge is -2.33. The van der Waals surface area contributed by atoms with Crippen molar-refractivity contribution in [2.45, 2.75) is 25.9 Å². The number of aryl methyl sites for hydroxylation is 1. The van der Waals surface area contributed by atoms with Gasteiger partial charge in [-0.2, -0.15) is 9.97 Å². The first kappa shape index (κ1) is 20.8. The van der Waals surface area contributed by atoms with Gasteiger partial charge in [0.2, 0.25) is 5.95 Å². The summed E-state index contributed by atoms with van der Waals surface area (Å²) in [5.41, 5.74) is 0.474. The van der Waals surface area contributed by atoms with Gasteiger partial charge in [-0.25, -0.2) is 9.78 Å². The van der Waals surface area contributed by atoms with Crippen LogP contribution in [0.1, 0.15) is 28.2 Å². The van der Waals surface area contributed by atoms with Crippen LogP contribution in [-0.4, -0.2) is 83.4 Å². The maximum absolute atomic E-state index is 11.3. The second-order valence-corrected chi connectivity index (χ2v) is 8.60.